The molecule has 0 heterocycles. The molecule has 2 aromatic rings. The number of aliphatic imine (C=N–C) groups is 1. The van der Waals surface area contributed by atoms with Crippen LogP contribution in [0.15, 0.2) is 52.4 Å². The second-order valence-electron chi connectivity index (χ2n) is 7.00. The van der Waals surface area contributed by atoms with Crippen molar-refractivity contribution in [1.82, 2.24) is 10.6 Å². The van der Waals surface area contributed by atoms with E-state index in [1.807, 2.05) is 19.1 Å². The van der Waals surface area contributed by atoms with Crippen LogP contribution in [0.25, 0.3) is 0 Å². The molecule has 164 valence electrons. The number of nitrogens with zero attached hydrogens (tertiary/aromatic N) is 1. The Hall–Kier alpha value is -2.58. The number of hydrogen-bond acceptors (Lipinski definition) is 5. The summed E-state index contributed by atoms with van der Waals surface area (Å²) < 4.78 is 34.1. The van der Waals surface area contributed by atoms with Crippen molar-refractivity contribution in [2.45, 2.75) is 31.3 Å². The average Bonchev–Trinajstić information content (AvgIpc) is 2.72. The van der Waals surface area contributed by atoms with Gasteiger partial charge >= 0.3 is 0 Å². The SMILES string of the molecule is CN=C(NCc1ccc(S(C)(=O)=O)cc1)NCc1ccc(C)cc1OCCCOC. The predicted molar refractivity (Wildman–Crippen MR) is 120 cm³/mol. The smallest absolute Gasteiger partial charge is 0.191 e. The molecule has 0 atom stereocenters. The molecule has 7 nitrogen and oxygen atoms in total. The van der Waals surface area contributed by atoms with E-state index < -0.39 is 9.84 Å². The van der Waals surface area contributed by atoms with Crippen molar-refractivity contribution in [2.75, 3.05) is 33.6 Å². The zero-order valence-electron chi connectivity index (χ0n) is 18.1. The second-order valence-corrected chi connectivity index (χ2v) is 9.02. The van der Waals surface area contributed by atoms with Gasteiger partial charge in [-0.25, -0.2) is 8.42 Å². The third-order valence-electron chi connectivity index (χ3n) is 4.45. The van der Waals surface area contributed by atoms with Crippen LogP contribution in [0.5, 0.6) is 5.75 Å². The van der Waals surface area contributed by atoms with Gasteiger partial charge in [-0.3, -0.25) is 4.99 Å². The lowest BCUT2D eigenvalue weighted by Gasteiger charge is -2.15. The molecule has 0 amide bonds. The van der Waals surface area contributed by atoms with Crippen LogP contribution >= 0.6 is 0 Å². The van der Waals surface area contributed by atoms with E-state index in [1.54, 1.807) is 38.4 Å². The Labute approximate surface area is 179 Å². The summed E-state index contributed by atoms with van der Waals surface area (Å²) in [6.07, 6.45) is 2.03. The molecule has 0 aliphatic carbocycles. The van der Waals surface area contributed by atoms with Gasteiger partial charge < -0.3 is 20.1 Å². The minimum atomic E-state index is -3.19. The molecule has 2 N–H and O–H groups in total. The fourth-order valence-electron chi connectivity index (χ4n) is 2.77. The van der Waals surface area contributed by atoms with Crippen LogP contribution in [0.2, 0.25) is 0 Å². The molecule has 0 fully saturated rings. The molecular weight excluding hydrogens is 402 g/mol. The van der Waals surface area contributed by atoms with Gasteiger partial charge in [-0.1, -0.05) is 24.3 Å². The molecule has 0 aliphatic rings. The maximum atomic E-state index is 11.6. The summed E-state index contributed by atoms with van der Waals surface area (Å²) in [5.41, 5.74) is 3.14. The summed E-state index contributed by atoms with van der Waals surface area (Å²) in [6, 6.07) is 12.9. The largest absolute Gasteiger partial charge is 0.493 e. The van der Waals surface area contributed by atoms with Crippen LogP contribution in [-0.4, -0.2) is 48.0 Å². The topological polar surface area (TPSA) is 89.0 Å². The zero-order chi connectivity index (χ0) is 22.0. The standard InChI is InChI=1S/C22H31N3O4S/c1-17-6-9-19(21(14-17)29-13-5-12-28-3)16-25-22(23-2)24-15-18-7-10-20(11-8-18)30(4,26)27/h6-11,14H,5,12-13,15-16H2,1-4H3,(H2,23,24,25). The summed E-state index contributed by atoms with van der Waals surface area (Å²) >= 11 is 0. The Bertz CT molecular complexity index is 941. The fraction of sp³-hybridized carbons (Fsp3) is 0.409. The number of sulfone groups is 1. The number of nitrogens with one attached hydrogen (secondary N) is 2. The summed E-state index contributed by atoms with van der Waals surface area (Å²) in [7, 11) is 0.201. The molecule has 30 heavy (non-hydrogen) atoms. The monoisotopic (exact) mass is 433 g/mol. The van der Waals surface area contributed by atoms with Gasteiger partial charge in [0.15, 0.2) is 15.8 Å². The van der Waals surface area contributed by atoms with Crippen molar-refractivity contribution in [3.63, 3.8) is 0 Å². The highest BCUT2D eigenvalue weighted by atomic mass is 32.2. The van der Waals surface area contributed by atoms with Gasteiger partial charge in [0.05, 0.1) is 11.5 Å². The molecule has 0 unspecified atom stereocenters. The molecule has 0 bridgehead atoms. The van der Waals surface area contributed by atoms with E-state index in [0.29, 0.717) is 37.2 Å². The number of methoxy groups -OCH3 is 1. The summed E-state index contributed by atoms with van der Waals surface area (Å²) in [5.74, 6) is 1.50. The van der Waals surface area contributed by atoms with E-state index in [-0.39, 0.29) is 0 Å². The molecule has 0 saturated carbocycles. The van der Waals surface area contributed by atoms with E-state index in [0.717, 1.165) is 28.9 Å². The van der Waals surface area contributed by atoms with Gasteiger partial charge in [0.2, 0.25) is 0 Å². The van der Waals surface area contributed by atoms with Crippen LogP contribution in [0.3, 0.4) is 0 Å². The number of aryl methyl sites for hydroxylation is 1. The third-order valence-corrected chi connectivity index (χ3v) is 5.58. The number of hydrogen-bond donors (Lipinski definition) is 2. The second kappa shape index (κ2) is 11.6. The Morgan fingerprint density at radius 1 is 1.03 bits per heavy atom. The van der Waals surface area contributed by atoms with Gasteiger partial charge in [0, 0.05) is 52.1 Å². The first-order valence-corrected chi connectivity index (χ1v) is 11.7. The van der Waals surface area contributed by atoms with Gasteiger partial charge in [-0.15, -0.1) is 0 Å². The van der Waals surface area contributed by atoms with Crippen molar-refractivity contribution in [3.8, 4) is 5.75 Å². The summed E-state index contributed by atoms with van der Waals surface area (Å²) in [6.45, 7) is 4.39. The minimum Gasteiger partial charge on any atom is -0.493 e. The zero-order valence-corrected chi connectivity index (χ0v) is 18.9. The lowest BCUT2D eigenvalue weighted by Crippen LogP contribution is -2.36. The van der Waals surface area contributed by atoms with Crippen LogP contribution < -0.4 is 15.4 Å². The molecule has 2 rings (SSSR count). The number of rotatable bonds is 10. The van der Waals surface area contributed by atoms with E-state index in [4.69, 9.17) is 9.47 Å². The van der Waals surface area contributed by atoms with Gasteiger partial charge in [-0.2, -0.15) is 0 Å². The normalized spacial score (nSPS) is 11.9. The Morgan fingerprint density at radius 3 is 2.37 bits per heavy atom. The van der Waals surface area contributed by atoms with Crippen molar-refractivity contribution in [3.05, 3.63) is 59.2 Å². The van der Waals surface area contributed by atoms with Crippen molar-refractivity contribution < 1.29 is 17.9 Å². The molecular formula is C22H31N3O4S. The molecule has 0 aromatic heterocycles. The first kappa shape index (κ1) is 23.7. The quantitative estimate of drug-likeness (QED) is 0.340. The van der Waals surface area contributed by atoms with Crippen molar-refractivity contribution in [2.24, 2.45) is 4.99 Å². The van der Waals surface area contributed by atoms with Crippen LogP contribution in [-0.2, 0) is 27.7 Å². The maximum absolute atomic E-state index is 11.6. The number of guanidine groups is 1. The van der Waals surface area contributed by atoms with Gasteiger partial charge in [0.1, 0.15) is 5.75 Å². The van der Waals surface area contributed by atoms with Crippen LogP contribution in [0.1, 0.15) is 23.1 Å². The van der Waals surface area contributed by atoms with Gasteiger partial charge in [0.25, 0.3) is 0 Å². The fourth-order valence-corrected chi connectivity index (χ4v) is 3.40. The highest BCUT2D eigenvalue weighted by molar-refractivity contribution is 7.90. The Kier molecular flexibility index (Phi) is 9.14. The van der Waals surface area contributed by atoms with Crippen molar-refractivity contribution in [1.29, 1.82) is 0 Å². The molecule has 0 aliphatic heterocycles. The first-order chi connectivity index (χ1) is 14.3. The van der Waals surface area contributed by atoms with Crippen LogP contribution in [0, 0.1) is 6.92 Å². The Morgan fingerprint density at radius 2 is 1.73 bits per heavy atom. The lowest BCUT2D eigenvalue weighted by molar-refractivity contribution is 0.171. The average molecular weight is 434 g/mol. The van der Waals surface area contributed by atoms with Gasteiger partial charge in [-0.05, 0) is 36.2 Å². The molecule has 8 heteroatoms. The molecule has 2 aromatic carbocycles. The predicted octanol–water partition coefficient (Wildman–Crippen LogP) is 2.68. The van der Waals surface area contributed by atoms with Crippen LogP contribution in [0.4, 0.5) is 0 Å². The number of ether oxygens (including phenoxy) is 2. The van der Waals surface area contributed by atoms with E-state index in [9.17, 15) is 8.42 Å². The molecule has 0 spiro atoms. The van der Waals surface area contributed by atoms with E-state index in [2.05, 4.69) is 21.7 Å². The summed E-state index contributed by atoms with van der Waals surface area (Å²) in [5, 5.41) is 6.53. The van der Waals surface area contributed by atoms with E-state index >= 15 is 0 Å². The maximum Gasteiger partial charge on any atom is 0.191 e. The first-order valence-electron chi connectivity index (χ1n) is 9.78. The number of benzene rings is 2. The molecule has 0 saturated heterocycles. The van der Waals surface area contributed by atoms with Crippen molar-refractivity contribution >= 4 is 15.8 Å². The molecule has 0 radical (unpaired) electrons. The summed E-state index contributed by atoms with van der Waals surface area (Å²) in [4.78, 5) is 4.56. The lowest BCUT2D eigenvalue weighted by atomic mass is 10.1. The minimum absolute atomic E-state index is 0.311. The third kappa shape index (κ3) is 7.68. The Balaban J connectivity index is 1.92. The highest BCUT2D eigenvalue weighted by Gasteiger charge is 2.08. The highest BCUT2D eigenvalue weighted by Crippen LogP contribution is 2.20. The van der Waals surface area contributed by atoms with E-state index in [1.165, 1.54) is 6.26 Å².